The molecule has 0 saturated carbocycles. The van der Waals surface area contributed by atoms with Gasteiger partial charge in [0.25, 0.3) is 17.7 Å². The minimum Gasteiger partial charge on any atom is -0.480 e. The Bertz CT molecular complexity index is 746. The van der Waals surface area contributed by atoms with Crippen molar-refractivity contribution in [1.29, 1.82) is 0 Å². The van der Waals surface area contributed by atoms with E-state index in [0.717, 1.165) is 11.0 Å². The average Bonchev–Trinajstić information content (AvgIpc) is 2.75. The minimum absolute atomic E-state index is 0.0579. The van der Waals surface area contributed by atoms with Gasteiger partial charge in [0.05, 0.1) is 23.9 Å². The number of rotatable bonds is 4. The van der Waals surface area contributed by atoms with Crippen molar-refractivity contribution in [3.8, 4) is 5.75 Å². The smallest absolute Gasteiger partial charge is 0.277 e. The van der Waals surface area contributed by atoms with E-state index in [0.29, 0.717) is 17.1 Å². The third-order valence-corrected chi connectivity index (χ3v) is 3.56. The number of carbonyl (C=O) groups excluding carboxylic acids is 3. The third-order valence-electron chi connectivity index (χ3n) is 3.28. The van der Waals surface area contributed by atoms with Gasteiger partial charge in [-0.15, -0.1) is 0 Å². The fraction of sp³-hybridized carbons (Fsp3) is 0.214. The van der Waals surface area contributed by atoms with Crippen molar-refractivity contribution in [2.75, 3.05) is 30.4 Å². The molecule has 23 heavy (non-hydrogen) atoms. The van der Waals surface area contributed by atoms with Gasteiger partial charge in [-0.2, -0.15) is 0 Å². The second-order valence-electron chi connectivity index (χ2n) is 4.87. The van der Waals surface area contributed by atoms with Gasteiger partial charge in [-0.3, -0.25) is 19.3 Å². The SMILES string of the molecule is O=C1COc2c(Cl)cc(NC3=CC(=O)N(CCO)C3=O)cc2N1. The lowest BCUT2D eigenvalue weighted by Crippen LogP contribution is -2.34. The summed E-state index contributed by atoms with van der Waals surface area (Å²) in [6.07, 6.45) is 1.14. The Labute approximate surface area is 135 Å². The lowest BCUT2D eigenvalue weighted by Gasteiger charge is -2.20. The first kappa shape index (κ1) is 15.3. The van der Waals surface area contributed by atoms with E-state index >= 15 is 0 Å². The Hall–Kier alpha value is -2.58. The number of imide groups is 1. The average molecular weight is 338 g/mol. The largest absolute Gasteiger partial charge is 0.480 e. The molecule has 1 aromatic carbocycles. The number of carbonyl (C=O) groups is 3. The van der Waals surface area contributed by atoms with Crippen LogP contribution in [0.3, 0.4) is 0 Å². The van der Waals surface area contributed by atoms with E-state index < -0.39 is 11.8 Å². The number of aliphatic hydroxyl groups excluding tert-OH is 1. The first-order valence-electron chi connectivity index (χ1n) is 6.71. The fourth-order valence-corrected chi connectivity index (χ4v) is 2.57. The first-order chi connectivity index (χ1) is 11.0. The molecule has 9 heteroatoms. The van der Waals surface area contributed by atoms with Gasteiger partial charge in [0.1, 0.15) is 5.70 Å². The maximum atomic E-state index is 12.1. The van der Waals surface area contributed by atoms with Crippen molar-refractivity contribution < 1.29 is 24.2 Å². The molecule has 120 valence electrons. The van der Waals surface area contributed by atoms with Crippen LogP contribution in [0.4, 0.5) is 11.4 Å². The highest BCUT2D eigenvalue weighted by Gasteiger charge is 2.31. The Balaban J connectivity index is 1.84. The number of aliphatic hydroxyl groups is 1. The Morgan fingerprint density at radius 1 is 1.35 bits per heavy atom. The van der Waals surface area contributed by atoms with Gasteiger partial charge in [-0.1, -0.05) is 11.6 Å². The Morgan fingerprint density at radius 3 is 2.87 bits per heavy atom. The van der Waals surface area contributed by atoms with Gasteiger partial charge in [-0.05, 0) is 12.1 Å². The van der Waals surface area contributed by atoms with Crippen LogP contribution in [0.2, 0.25) is 5.02 Å². The summed E-state index contributed by atoms with van der Waals surface area (Å²) in [6.45, 7) is -0.505. The van der Waals surface area contributed by atoms with Crippen LogP contribution in [-0.4, -0.2) is 47.5 Å². The number of nitrogens with one attached hydrogen (secondary N) is 2. The number of halogens is 1. The number of β-amino-alcohol motifs (C(OH)–C–C–N with tert-alkyl or cyclic N) is 1. The van der Waals surface area contributed by atoms with Crippen molar-refractivity contribution in [2.45, 2.75) is 0 Å². The van der Waals surface area contributed by atoms with Crippen LogP contribution in [0.15, 0.2) is 23.9 Å². The standard InChI is InChI=1S/C14H12ClN3O5/c15-8-3-7(4-9-13(8)23-6-11(20)17-9)16-10-5-12(21)18(1-2-19)14(10)22/h3-5,16,19H,1-2,6H2,(H,17,20). The number of ether oxygens (including phenoxy) is 1. The summed E-state index contributed by atoms with van der Waals surface area (Å²) in [5.41, 5.74) is 0.848. The van der Waals surface area contributed by atoms with E-state index in [1.54, 1.807) is 6.07 Å². The first-order valence-corrected chi connectivity index (χ1v) is 7.09. The van der Waals surface area contributed by atoms with Gasteiger partial charge in [0.15, 0.2) is 12.4 Å². The quantitative estimate of drug-likeness (QED) is 0.683. The van der Waals surface area contributed by atoms with Gasteiger partial charge < -0.3 is 20.5 Å². The van der Waals surface area contributed by atoms with Crippen LogP contribution in [0.5, 0.6) is 5.75 Å². The summed E-state index contributed by atoms with van der Waals surface area (Å²) < 4.78 is 5.24. The van der Waals surface area contributed by atoms with E-state index in [1.165, 1.54) is 6.07 Å². The molecule has 0 atom stereocenters. The lowest BCUT2D eigenvalue weighted by atomic mass is 10.2. The number of fused-ring (bicyclic) bond motifs is 1. The predicted octanol–water partition coefficient (Wildman–Crippen LogP) is 0.328. The molecule has 2 heterocycles. The number of amides is 3. The summed E-state index contributed by atoms with van der Waals surface area (Å²) in [5.74, 6) is -1.02. The van der Waals surface area contributed by atoms with Crippen LogP contribution in [0, 0.1) is 0 Å². The molecule has 2 aliphatic rings. The van der Waals surface area contributed by atoms with Crippen LogP contribution in [-0.2, 0) is 14.4 Å². The normalized spacial score (nSPS) is 16.7. The van der Waals surface area contributed by atoms with E-state index in [-0.39, 0.29) is 36.4 Å². The molecule has 0 spiro atoms. The number of anilines is 2. The number of benzene rings is 1. The topological polar surface area (TPSA) is 108 Å². The predicted molar refractivity (Wildman–Crippen MR) is 81.1 cm³/mol. The second kappa shape index (κ2) is 5.90. The second-order valence-corrected chi connectivity index (χ2v) is 5.28. The van der Waals surface area contributed by atoms with Crippen LogP contribution >= 0.6 is 11.6 Å². The lowest BCUT2D eigenvalue weighted by molar-refractivity contribution is -0.137. The van der Waals surface area contributed by atoms with Crippen molar-refractivity contribution >= 4 is 40.7 Å². The summed E-state index contributed by atoms with van der Waals surface area (Å²) in [4.78, 5) is 36.1. The molecule has 0 radical (unpaired) electrons. The van der Waals surface area contributed by atoms with Gasteiger partial charge in [-0.25, -0.2) is 0 Å². The van der Waals surface area contributed by atoms with Crippen molar-refractivity contribution in [3.63, 3.8) is 0 Å². The highest BCUT2D eigenvalue weighted by molar-refractivity contribution is 6.33. The van der Waals surface area contributed by atoms with Crippen LogP contribution in [0.25, 0.3) is 0 Å². The number of hydrogen-bond donors (Lipinski definition) is 3. The fourth-order valence-electron chi connectivity index (χ4n) is 2.29. The zero-order valence-electron chi connectivity index (χ0n) is 11.8. The molecule has 0 bridgehead atoms. The number of hydrogen-bond acceptors (Lipinski definition) is 6. The van der Waals surface area contributed by atoms with E-state index in [4.69, 9.17) is 21.4 Å². The summed E-state index contributed by atoms with van der Waals surface area (Å²) in [7, 11) is 0. The third kappa shape index (κ3) is 2.86. The molecule has 3 amide bonds. The van der Waals surface area contributed by atoms with Crippen LogP contribution < -0.4 is 15.4 Å². The Kier molecular flexibility index (Phi) is 3.93. The molecule has 0 aromatic heterocycles. The molecule has 2 aliphatic heterocycles. The van der Waals surface area contributed by atoms with Gasteiger partial charge >= 0.3 is 0 Å². The van der Waals surface area contributed by atoms with Crippen LogP contribution in [0.1, 0.15) is 0 Å². The molecule has 3 rings (SSSR count). The molecule has 0 fully saturated rings. The molecule has 0 unspecified atom stereocenters. The maximum absolute atomic E-state index is 12.1. The van der Waals surface area contributed by atoms with Gasteiger partial charge in [0.2, 0.25) is 0 Å². The summed E-state index contributed by atoms with van der Waals surface area (Å²) in [5, 5.41) is 14.5. The van der Waals surface area contributed by atoms with Gasteiger partial charge in [0, 0.05) is 11.8 Å². The molecule has 1 aromatic rings. The summed E-state index contributed by atoms with van der Waals surface area (Å²) in [6, 6.07) is 3.07. The summed E-state index contributed by atoms with van der Waals surface area (Å²) >= 11 is 6.09. The highest BCUT2D eigenvalue weighted by Crippen LogP contribution is 2.38. The molecular weight excluding hydrogens is 326 g/mol. The molecule has 0 saturated heterocycles. The zero-order chi connectivity index (χ0) is 16.6. The number of nitrogens with zero attached hydrogens (tertiary/aromatic N) is 1. The van der Waals surface area contributed by atoms with Crippen molar-refractivity contribution in [1.82, 2.24) is 4.90 Å². The molecule has 3 N–H and O–H groups in total. The van der Waals surface area contributed by atoms with E-state index in [2.05, 4.69) is 10.6 Å². The maximum Gasteiger partial charge on any atom is 0.277 e. The minimum atomic E-state index is -0.543. The Morgan fingerprint density at radius 2 is 2.13 bits per heavy atom. The van der Waals surface area contributed by atoms with Crippen molar-refractivity contribution in [2.24, 2.45) is 0 Å². The van der Waals surface area contributed by atoms with Crippen molar-refractivity contribution in [3.05, 3.63) is 28.9 Å². The zero-order valence-corrected chi connectivity index (χ0v) is 12.5. The van der Waals surface area contributed by atoms with E-state index in [1.807, 2.05) is 0 Å². The molecular formula is C14H12ClN3O5. The molecule has 8 nitrogen and oxygen atoms in total. The van der Waals surface area contributed by atoms with E-state index in [9.17, 15) is 14.4 Å². The monoisotopic (exact) mass is 337 g/mol. The highest BCUT2D eigenvalue weighted by atomic mass is 35.5. The molecule has 0 aliphatic carbocycles.